The summed E-state index contributed by atoms with van der Waals surface area (Å²) in [5.41, 5.74) is 0.289. The number of sulfonamides is 1. The zero-order chi connectivity index (χ0) is 20.3. The highest BCUT2D eigenvalue weighted by atomic mass is 32.2. The van der Waals surface area contributed by atoms with Gasteiger partial charge in [-0.3, -0.25) is 4.79 Å². The second kappa shape index (κ2) is 9.19. The predicted molar refractivity (Wildman–Crippen MR) is 113 cm³/mol. The minimum atomic E-state index is -3.54. The summed E-state index contributed by atoms with van der Waals surface area (Å²) in [5.74, 6) is 2.71. The average molecular weight is 429 g/mol. The molecule has 2 N–H and O–H groups in total. The number of hydrogen-bond acceptors (Lipinski definition) is 5. The van der Waals surface area contributed by atoms with E-state index in [2.05, 4.69) is 29.0 Å². The molecule has 0 aromatic carbocycles. The van der Waals surface area contributed by atoms with E-state index in [1.54, 1.807) is 11.8 Å². The monoisotopic (exact) mass is 428 g/mol. The van der Waals surface area contributed by atoms with E-state index in [0.29, 0.717) is 24.9 Å². The van der Waals surface area contributed by atoms with Crippen molar-refractivity contribution in [2.45, 2.75) is 38.1 Å². The van der Waals surface area contributed by atoms with Crippen LogP contribution in [0.1, 0.15) is 37.7 Å². The summed E-state index contributed by atoms with van der Waals surface area (Å²) in [5, 5.41) is 2.99. The van der Waals surface area contributed by atoms with Crippen LogP contribution in [0.3, 0.4) is 0 Å². The fourth-order valence-electron chi connectivity index (χ4n) is 4.27. The van der Waals surface area contributed by atoms with Crippen molar-refractivity contribution < 1.29 is 13.2 Å². The molecule has 3 unspecified atom stereocenters. The summed E-state index contributed by atoms with van der Waals surface area (Å²) in [6, 6.07) is 1.44. The second-order valence-corrected chi connectivity index (χ2v) is 11.5. The maximum Gasteiger partial charge on any atom is 0.267 e. The fourth-order valence-corrected chi connectivity index (χ4v) is 6.84. The summed E-state index contributed by atoms with van der Waals surface area (Å²) >= 11 is 1.76. The third-order valence-corrected chi connectivity index (χ3v) is 8.18. The molecule has 28 heavy (non-hydrogen) atoms. The molecule has 3 heterocycles. The molecule has 3 rings (SSSR count). The van der Waals surface area contributed by atoms with Gasteiger partial charge < -0.3 is 15.2 Å². The molecule has 1 aromatic rings. The minimum absolute atomic E-state index is 0.00697. The number of rotatable bonds is 6. The molecule has 0 saturated carbocycles. The highest BCUT2D eigenvalue weighted by molar-refractivity contribution is 7.99. The van der Waals surface area contributed by atoms with Crippen molar-refractivity contribution >= 4 is 27.7 Å². The Bertz CT molecular complexity index is 764. The Hall–Kier alpha value is -1.03. The molecule has 0 aliphatic carbocycles. The molecule has 3 atom stereocenters. The van der Waals surface area contributed by atoms with E-state index < -0.39 is 10.0 Å². The van der Waals surface area contributed by atoms with Crippen molar-refractivity contribution in [2.75, 3.05) is 44.2 Å². The standard InChI is InChI=1S/C19H32N4O3S2/c1-14-8-15(2)12-22(11-14)13-16(3)21-19(24)18-9-17(10-20-18)28(25,26)23-4-6-27-7-5-23/h9-10,14-16,20H,4-8,11-13H2,1-3H3,(H,21,24). The maximum atomic E-state index is 12.7. The van der Waals surface area contributed by atoms with Crippen LogP contribution in [0.2, 0.25) is 0 Å². The number of carbonyl (C=O) groups excluding carboxylic acids is 1. The lowest BCUT2D eigenvalue weighted by Gasteiger charge is -2.36. The molecular formula is C19H32N4O3S2. The van der Waals surface area contributed by atoms with Crippen molar-refractivity contribution in [3.63, 3.8) is 0 Å². The smallest absolute Gasteiger partial charge is 0.267 e. The lowest BCUT2D eigenvalue weighted by Crippen LogP contribution is -2.47. The van der Waals surface area contributed by atoms with Gasteiger partial charge in [-0.05, 0) is 31.2 Å². The average Bonchev–Trinajstić information content (AvgIpc) is 3.12. The van der Waals surface area contributed by atoms with Crippen molar-refractivity contribution in [3.8, 4) is 0 Å². The van der Waals surface area contributed by atoms with Crippen LogP contribution in [0.25, 0.3) is 0 Å². The number of aromatic amines is 1. The number of piperidine rings is 1. The van der Waals surface area contributed by atoms with E-state index in [1.807, 2.05) is 6.92 Å². The number of carbonyl (C=O) groups is 1. The Morgan fingerprint density at radius 1 is 1.29 bits per heavy atom. The van der Waals surface area contributed by atoms with Crippen LogP contribution in [0.5, 0.6) is 0 Å². The molecule has 0 bridgehead atoms. The van der Waals surface area contributed by atoms with Crippen molar-refractivity contribution in [3.05, 3.63) is 18.0 Å². The number of likely N-dealkylation sites (tertiary alicyclic amines) is 1. The molecule has 0 radical (unpaired) electrons. The maximum absolute atomic E-state index is 12.7. The first-order chi connectivity index (χ1) is 13.3. The zero-order valence-electron chi connectivity index (χ0n) is 17.0. The van der Waals surface area contributed by atoms with Gasteiger partial charge in [0.15, 0.2) is 0 Å². The Labute approximate surface area is 172 Å². The number of aromatic nitrogens is 1. The quantitative estimate of drug-likeness (QED) is 0.722. The lowest BCUT2D eigenvalue weighted by molar-refractivity contribution is 0.0900. The Balaban J connectivity index is 1.57. The van der Waals surface area contributed by atoms with E-state index >= 15 is 0 Å². The van der Waals surface area contributed by atoms with Crippen LogP contribution in [0, 0.1) is 11.8 Å². The number of amides is 1. The Morgan fingerprint density at radius 2 is 1.93 bits per heavy atom. The molecule has 0 spiro atoms. The highest BCUT2D eigenvalue weighted by Crippen LogP contribution is 2.22. The number of nitrogens with one attached hydrogen (secondary N) is 2. The summed E-state index contributed by atoms with van der Waals surface area (Å²) in [4.78, 5) is 18.0. The zero-order valence-corrected chi connectivity index (χ0v) is 18.6. The van der Waals surface area contributed by atoms with Gasteiger partial charge in [0.1, 0.15) is 10.6 Å². The lowest BCUT2D eigenvalue weighted by atomic mass is 9.92. The fraction of sp³-hybridized carbons (Fsp3) is 0.737. The van der Waals surface area contributed by atoms with Gasteiger partial charge in [0.05, 0.1) is 0 Å². The number of hydrogen-bond donors (Lipinski definition) is 2. The topological polar surface area (TPSA) is 85.5 Å². The van der Waals surface area contributed by atoms with E-state index in [-0.39, 0.29) is 22.5 Å². The number of nitrogens with zero attached hydrogens (tertiary/aromatic N) is 2. The van der Waals surface area contributed by atoms with E-state index in [1.165, 1.54) is 23.0 Å². The molecule has 2 fully saturated rings. The van der Waals surface area contributed by atoms with Gasteiger partial charge in [-0.1, -0.05) is 13.8 Å². The first kappa shape index (κ1) is 21.7. The highest BCUT2D eigenvalue weighted by Gasteiger charge is 2.28. The van der Waals surface area contributed by atoms with E-state index in [9.17, 15) is 13.2 Å². The SMILES string of the molecule is CC1CC(C)CN(CC(C)NC(=O)c2cc(S(=O)(=O)N3CCSCC3)c[nH]2)C1. The van der Waals surface area contributed by atoms with Crippen molar-refractivity contribution in [2.24, 2.45) is 11.8 Å². The first-order valence-electron chi connectivity index (χ1n) is 10.0. The minimum Gasteiger partial charge on any atom is -0.356 e. The number of H-pyrrole nitrogens is 1. The molecule has 2 aliphatic rings. The van der Waals surface area contributed by atoms with Crippen LogP contribution in [-0.4, -0.2) is 78.8 Å². The first-order valence-corrected chi connectivity index (χ1v) is 12.6. The Kier molecular flexibility index (Phi) is 7.12. The number of thioether (sulfide) groups is 1. The summed E-state index contributed by atoms with van der Waals surface area (Å²) < 4.78 is 27.0. The molecule has 2 saturated heterocycles. The van der Waals surface area contributed by atoms with Crippen LogP contribution >= 0.6 is 11.8 Å². The molecular weight excluding hydrogens is 396 g/mol. The van der Waals surface area contributed by atoms with Crippen LogP contribution in [-0.2, 0) is 10.0 Å². The van der Waals surface area contributed by atoms with Gasteiger partial charge >= 0.3 is 0 Å². The predicted octanol–water partition coefficient (Wildman–Crippen LogP) is 1.85. The summed E-state index contributed by atoms with van der Waals surface area (Å²) in [6.45, 7) is 10.5. The summed E-state index contributed by atoms with van der Waals surface area (Å²) in [6.07, 6.45) is 2.68. The molecule has 158 valence electrons. The van der Waals surface area contributed by atoms with Gasteiger partial charge in [0, 0.05) is 56.5 Å². The van der Waals surface area contributed by atoms with Gasteiger partial charge in [0.25, 0.3) is 5.91 Å². The van der Waals surface area contributed by atoms with Crippen molar-refractivity contribution in [1.82, 2.24) is 19.5 Å². The van der Waals surface area contributed by atoms with E-state index in [4.69, 9.17) is 0 Å². The normalized spacial score (nSPS) is 26.1. The molecule has 1 amide bonds. The van der Waals surface area contributed by atoms with Crippen LogP contribution in [0.15, 0.2) is 17.2 Å². The molecule has 1 aromatic heterocycles. The third-order valence-electron chi connectivity index (χ3n) is 5.36. The summed E-state index contributed by atoms with van der Waals surface area (Å²) in [7, 11) is -3.54. The van der Waals surface area contributed by atoms with Crippen LogP contribution in [0.4, 0.5) is 0 Å². The van der Waals surface area contributed by atoms with Crippen LogP contribution < -0.4 is 5.32 Å². The third kappa shape index (κ3) is 5.31. The molecule has 7 nitrogen and oxygen atoms in total. The van der Waals surface area contributed by atoms with Gasteiger partial charge in [-0.2, -0.15) is 16.1 Å². The molecule has 2 aliphatic heterocycles. The Morgan fingerprint density at radius 3 is 2.57 bits per heavy atom. The molecule has 9 heteroatoms. The van der Waals surface area contributed by atoms with Crippen molar-refractivity contribution in [1.29, 1.82) is 0 Å². The second-order valence-electron chi connectivity index (χ2n) is 8.30. The van der Waals surface area contributed by atoms with Gasteiger partial charge in [-0.25, -0.2) is 8.42 Å². The van der Waals surface area contributed by atoms with Gasteiger partial charge in [0.2, 0.25) is 10.0 Å². The largest absolute Gasteiger partial charge is 0.356 e. The van der Waals surface area contributed by atoms with Gasteiger partial charge in [-0.15, -0.1) is 0 Å². The van der Waals surface area contributed by atoms with E-state index in [0.717, 1.165) is 31.1 Å².